The van der Waals surface area contributed by atoms with Crippen molar-refractivity contribution in [1.82, 2.24) is 4.90 Å². The Morgan fingerprint density at radius 1 is 1.18 bits per heavy atom. The number of nitrogens with zero attached hydrogens (tertiary/aromatic N) is 1. The van der Waals surface area contributed by atoms with E-state index in [2.05, 4.69) is 17.0 Å². The van der Waals surface area contributed by atoms with Gasteiger partial charge in [-0.3, -0.25) is 4.90 Å². The number of hydrogen-bond acceptors (Lipinski definition) is 4. The first-order chi connectivity index (χ1) is 8.42. The molecule has 1 fully saturated rings. The van der Waals surface area contributed by atoms with Crippen LogP contribution in [0.4, 0.5) is 0 Å². The zero-order valence-electron chi connectivity index (χ0n) is 9.85. The molecule has 0 unspecified atom stereocenters. The zero-order chi connectivity index (χ0) is 11.5. The van der Waals surface area contributed by atoms with Crippen LogP contribution in [-0.2, 0) is 22.7 Å². The summed E-state index contributed by atoms with van der Waals surface area (Å²) in [7, 11) is 0. The van der Waals surface area contributed by atoms with Crippen LogP contribution in [0.2, 0.25) is 0 Å². The van der Waals surface area contributed by atoms with Gasteiger partial charge in [-0.2, -0.15) is 4.89 Å². The highest BCUT2D eigenvalue weighted by atomic mass is 17.2. The van der Waals surface area contributed by atoms with Gasteiger partial charge in [0.15, 0.2) is 5.75 Å². The third-order valence-electron chi connectivity index (χ3n) is 3.31. The van der Waals surface area contributed by atoms with Gasteiger partial charge in [0.25, 0.3) is 0 Å². The molecule has 0 N–H and O–H groups in total. The largest absolute Gasteiger partial charge is 0.379 e. The van der Waals surface area contributed by atoms with Crippen LogP contribution in [0.15, 0.2) is 18.2 Å². The molecule has 0 amide bonds. The first kappa shape index (κ1) is 11.0. The Morgan fingerprint density at radius 2 is 2.06 bits per heavy atom. The maximum absolute atomic E-state index is 5.34. The Morgan fingerprint density at radius 3 is 2.94 bits per heavy atom. The van der Waals surface area contributed by atoms with Crippen LogP contribution >= 0.6 is 0 Å². The van der Waals surface area contributed by atoms with E-state index in [9.17, 15) is 0 Å². The first-order valence-electron chi connectivity index (χ1n) is 6.13. The quantitative estimate of drug-likeness (QED) is 0.741. The topological polar surface area (TPSA) is 30.9 Å². The molecule has 0 aliphatic carbocycles. The second-order valence-corrected chi connectivity index (χ2v) is 4.49. The molecule has 0 bridgehead atoms. The van der Waals surface area contributed by atoms with Crippen molar-refractivity contribution in [3.8, 4) is 5.75 Å². The van der Waals surface area contributed by atoms with Gasteiger partial charge in [0.05, 0.1) is 13.2 Å². The van der Waals surface area contributed by atoms with E-state index < -0.39 is 0 Å². The van der Waals surface area contributed by atoms with Gasteiger partial charge in [-0.25, -0.2) is 0 Å². The van der Waals surface area contributed by atoms with Gasteiger partial charge in [0.1, 0.15) is 6.61 Å². The highest BCUT2D eigenvalue weighted by molar-refractivity contribution is 5.37. The Hall–Kier alpha value is -1.10. The van der Waals surface area contributed by atoms with E-state index in [1.807, 2.05) is 6.07 Å². The molecule has 4 nitrogen and oxygen atoms in total. The van der Waals surface area contributed by atoms with Crippen molar-refractivity contribution in [1.29, 1.82) is 0 Å². The minimum atomic E-state index is 0.570. The predicted octanol–water partition coefficient (Wildman–Crippen LogP) is 1.39. The van der Waals surface area contributed by atoms with Crippen molar-refractivity contribution in [2.75, 3.05) is 32.8 Å². The SMILES string of the molecule is c1cc2c(cc1CCN1CCOCC1)COO2. The van der Waals surface area contributed by atoms with Crippen molar-refractivity contribution < 1.29 is 14.5 Å². The van der Waals surface area contributed by atoms with Crippen LogP contribution in [0.5, 0.6) is 5.75 Å². The maximum Gasteiger partial charge on any atom is 0.171 e. The summed E-state index contributed by atoms with van der Waals surface area (Å²) in [6, 6.07) is 6.30. The van der Waals surface area contributed by atoms with Gasteiger partial charge in [-0.15, -0.1) is 0 Å². The lowest BCUT2D eigenvalue weighted by Gasteiger charge is -2.26. The van der Waals surface area contributed by atoms with Crippen LogP contribution in [0.3, 0.4) is 0 Å². The molecule has 1 aromatic rings. The molecule has 4 heteroatoms. The van der Waals surface area contributed by atoms with Gasteiger partial charge in [0.2, 0.25) is 0 Å². The molecule has 0 aromatic heterocycles. The molecule has 0 radical (unpaired) electrons. The van der Waals surface area contributed by atoms with Crippen molar-refractivity contribution in [3.05, 3.63) is 29.3 Å². The van der Waals surface area contributed by atoms with Crippen molar-refractivity contribution in [3.63, 3.8) is 0 Å². The van der Waals surface area contributed by atoms with Crippen LogP contribution in [0, 0.1) is 0 Å². The molecule has 0 spiro atoms. The highest BCUT2D eigenvalue weighted by Crippen LogP contribution is 2.26. The molecule has 1 aromatic carbocycles. The van der Waals surface area contributed by atoms with Crippen LogP contribution in [0.1, 0.15) is 11.1 Å². The minimum Gasteiger partial charge on any atom is -0.379 e. The highest BCUT2D eigenvalue weighted by Gasteiger charge is 2.14. The third-order valence-corrected chi connectivity index (χ3v) is 3.31. The number of benzene rings is 1. The molecule has 2 aliphatic heterocycles. The Kier molecular flexibility index (Phi) is 3.27. The molecule has 1 saturated heterocycles. The molecular formula is C13H17NO3. The van der Waals surface area contributed by atoms with Crippen molar-refractivity contribution in [2.24, 2.45) is 0 Å². The second-order valence-electron chi connectivity index (χ2n) is 4.49. The lowest BCUT2D eigenvalue weighted by atomic mass is 10.1. The van der Waals surface area contributed by atoms with Crippen molar-refractivity contribution >= 4 is 0 Å². The number of morpholine rings is 1. The Balaban J connectivity index is 1.57. The molecule has 92 valence electrons. The standard InChI is InChI=1S/C13H17NO3/c1-2-13-12(10-16-17-13)9-11(1)3-4-14-5-7-15-8-6-14/h1-2,9H,3-8,10H2. The summed E-state index contributed by atoms with van der Waals surface area (Å²) in [6.45, 7) is 5.51. The fourth-order valence-electron chi connectivity index (χ4n) is 2.25. The lowest BCUT2D eigenvalue weighted by Crippen LogP contribution is -2.37. The minimum absolute atomic E-state index is 0.570. The summed E-state index contributed by atoms with van der Waals surface area (Å²) < 4.78 is 5.34. The van der Waals surface area contributed by atoms with Gasteiger partial charge in [-0.05, 0) is 24.1 Å². The summed E-state index contributed by atoms with van der Waals surface area (Å²) in [5, 5.41) is 0. The first-order valence-corrected chi connectivity index (χ1v) is 6.13. The summed E-state index contributed by atoms with van der Waals surface area (Å²) in [6.07, 6.45) is 1.08. The number of ether oxygens (including phenoxy) is 1. The van der Waals surface area contributed by atoms with E-state index in [1.165, 1.54) is 5.56 Å². The smallest absolute Gasteiger partial charge is 0.171 e. The van der Waals surface area contributed by atoms with Gasteiger partial charge >= 0.3 is 0 Å². The normalized spacial score (nSPS) is 20.0. The van der Waals surface area contributed by atoms with Gasteiger partial charge < -0.3 is 9.62 Å². The summed E-state index contributed by atoms with van der Waals surface area (Å²) in [5.74, 6) is 0.861. The van der Waals surface area contributed by atoms with Gasteiger partial charge in [0, 0.05) is 25.2 Å². The number of rotatable bonds is 3. The predicted molar refractivity (Wildman–Crippen MR) is 62.8 cm³/mol. The van der Waals surface area contributed by atoms with Gasteiger partial charge in [-0.1, -0.05) is 6.07 Å². The summed E-state index contributed by atoms with van der Waals surface area (Å²) in [4.78, 5) is 12.4. The molecule has 0 saturated carbocycles. The fourth-order valence-corrected chi connectivity index (χ4v) is 2.25. The molecule has 17 heavy (non-hydrogen) atoms. The monoisotopic (exact) mass is 235 g/mol. The molecule has 0 atom stereocenters. The van der Waals surface area contributed by atoms with Crippen LogP contribution in [0.25, 0.3) is 0 Å². The van der Waals surface area contributed by atoms with Crippen LogP contribution < -0.4 is 4.89 Å². The van der Waals surface area contributed by atoms with E-state index in [0.29, 0.717) is 6.61 Å². The summed E-state index contributed by atoms with van der Waals surface area (Å²) in [5.41, 5.74) is 2.51. The number of fused-ring (bicyclic) bond motifs is 1. The van der Waals surface area contributed by atoms with E-state index in [4.69, 9.17) is 14.5 Å². The van der Waals surface area contributed by atoms with E-state index in [-0.39, 0.29) is 0 Å². The summed E-state index contributed by atoms with van der Waals surface area (Å²) >= 11 is 0. The Labute approximate surface area is 101 Å². The molecule has 2 heterocycles. The Bertz CT molecular complexity index is 388. The zero-order valence-corrected chi connectivity index (χ0v) is 9.85. The van der Waals surface area contributed by atoms with E-state index >= 15 is 0 Å². The molecule has 3 rings (SSSR count). The third kappa shape index (κ3) is 2.60. The van der Waals surface area contributed by atoms with E-state index in [0.717, 1.165) is 50.6 Å². The fraction of sp³-hybridized carbons (Fsp3) is 0.538. The average Bonchev–Trinajstić information content (AvgIpc) is 2.85. The number of hydrogen-bond donors (Lipinski definition) is 0. The maximum atomic E-state index is 5.34. The lowest BCUT2D eigenvalue weighted by molar-refractivity contribution is -0.194. The van der Waals surface area contributed by atoms with Crippen molar-refractivity contribution in [2.45, 2.75) is 13.0 Å². The average molecular weight is 235 g/mol. The molecule has 2 aliphatic rings. The second kappa shape index (κ2) is 5.04. The van der Waals surface area contributed by atoms with Crippen LogP contribution in [-0.4, -0.2) is 37.7 Å². The molecular weight excluding hydrogens is 218 g/mol. The van der Waals surface area contributed by atoms with E-state index in [1.54, 1.807) is 0 Å².